The van der Waals surface area contributed by atoms with Crippen molar-refractivity contribution in [2.45, 2.75) is 37.1 Å². The molecule has 128 valence electrons. The molecule has 0 aliphatic carbocycles. The summed E-state index contributed by atoms with van der Waals surface area (Å²) in [5.41, 5.74) is -0.788. The number of nitro benzene ring substituents is 1. The monoisotopic (exact) mass is 368 g/mol. The molecule has 0 unspecified atom stereocenters. The first kappa shape index (κ1) is 19.3. The molecule has 0 fully saturated rings. The van der Waals surface area contributed by atoms with Crippen LogP contribution in [0.15, 0.2) is 17.0 Å². The molecule has 1 aromatic carbocycles. The fourth-order valence-electron chi connectivity index (χ4n) is 1.76. The van der Waals surface area contributed by atoms with Crippen molar-refractivity contribution in [1.29, 1.82) is 0 Å². The van der Waals surface area contributed by atoms with Crippen molar-refractivity contribution in [3.63, 3.8) is 0 Å². The Bertz CT molecular complexity index is 725. The first-order valence-electron chi connectivity index (χ1n) is 6.48. The van der Waals surface area contributed by atoms with Crippen LogP contribution in [0, 0.1) is 15.9 Å². The lowest BCUT2D eigenvalue weighted by Gasteiger charge is -2.15. The number of hydrogen-bond acceptors (Lipinski definition) is 5. The predicted octanol–water partition coefficient (Wildman–Crippen LogP) is 2.31. The van der Waals surface area contributed by atoms with Gasteiger partial charge in [-0.15, -0.1) is 0 Å². The molecule has 0 bridgehead atoms. The lowest BCUT2D eigenvalue weighted by Crippen LogP contribution is -2.40. The van der Waals surface area contributed by atoms with E-state index in [1.54, 1.807) is 6.92 Å². The van der Waals surface area contributed by atoms with Crippen LogP contribution >= 0.6 is 11.6 Å². The summed E-state index contributed by atoms with van der Waals surface area (Å²) in [6, 6.07) is -0.484. The van der Waals surface area contributed by atoms with Gasteiger partial charge in [0.1, 0.15) is 21.8 Å². The Hall–Kier alpha value is -1.78. The molecule has 2 N–H and O–H groups in total. The number of nitrogens with one attached hydrogen (secondary N) is 1. The molecule has 0 heterocycles. The zero-order valence-electron chi connectivity index (χ0n) is 12.0. The number of nitro groups is 1. The molecule has 0 aliphatic heterocycles. The number of rotatable bonds is 8. The molecule has 8 nitrogen and oxygen atoms in total. The van der Waals surface area contributed by atoms with Crippen LogP contribution in [0.1, 0.15) is 26.2 Å². The Kier molecular flexibility index (Phi) is 6.42. The summed E-state index contributed by atoms with van der Waals surface area (Å²) in [7, 11) is -4.54. The van der Waals surface area contributed by atoms with Crippen molar-refractivity contribution in [3.05, 3.63) is 33.1 Å². The summed E-state index contributed by atoms with van der Waals surface area (Å²) in [4.78, 5) is 19.8. The van der Waals surface area contributed by atoms with Gasteiger partial charge in [-0.2, -0.15) is 4.72 Å². The minimum atomic E-state index is -4.54. The van der Waals surface area contributed by atoms with Crippen molar-refractivity contribution < 1.29 is 27.6 Å². The van der Waals surface area contributed by atoms with Gasteiger partial charge in [0.25, 0.3) is 5.69 Å². The maximum absolute atomic E-state index is 13.9. The Balaban J connectivity index is 3.20. The van der Waals surface area contributed by atoms with Gasteiger partial charge in [0, 0.05) is 0 Å². The number of carboxylic acids is 1. The van der Waals surface area contributed by atoms with E-state index in [0.29, 0.717) is 25.0 Å². The molecule has 0 saturated heterocycles. The first-order chi connectivity index (χ1) is 10.6. The number of hydrogen-bond donors (Lipinski definition) is 2. The number of carbonyl (C=O) groups is 1. The number of carboxylic acid groups (broad SMARTS) is 1. The minimum Gasteiger partial charge on any atom is -0.480 e. The van der Waals surface area contributed by atoms with Gasteiger partial charge in [-0.1, -0.05) is 31.4 Å². The summed E-state index contributed by atoms with van der Waals surface area (Å²) in [6.45, 7) is 1.79. The van der Waals surface area contributed by atoms with Gasteiger partial charge in [-0.3, -0.25) is 14.9 Å². The molecule has 0 saturated carbocycles. The quantitative estimate of drug-likeness (QED) is 0.535. The number of sulfonamides is 1. The largest absolute Gasteiger partial charge is 0.480 e. The Morgan fingerprint density at radius 1 is 1.52 bits per heavy atom. The van der Waals surface area contributed by atoms with E-state index in [2.05, 4.69) is 0 Å². The summed E-state index contributed by atoms with van der Waals surface area (Å²) < 4.78 is 40.0. The van der Waals surface area contributed by atoms with E-state index < -0.39 is 48.4 Å². The van der Waals surface area contributed by atoms with Crippen molar-refractivity contribution in [2.75, 3.05) is 0 Å². The van der Waals surface area contributed by atoms with Crippen LogP contribution in [0.4, 0.5) is 10.1 Å². The van der Waals surface area contributed by atoms with E-state index in [4.69, 9.17) is 16.7 Å². The van der Waals surface area contributed by atoms with Gasteiger partial charge in [0.15, 0.2) is 0 Å². The van der Waals surface area contributed by atoms with Crippen LogP contribution < -0.4 is 4.72 Å². The third-order valence-electron chi connectivity index (χ3n) is 2.93. The smallest absolute Gasteiger partial charge is 0.321 e. The fourth-order valence-corrected chi connectivity index (χ4v) is 3.36. The molecule has 1 atom stereocenters. The molecule has 11 heteroatoms. The van der Waals surface area contributed by atoms with Gasteiger partial charge < -0.3 is 5.11 Å². The highest BCUT2D eigenvalue weighted by Gasteiger charge is 2.29. The van der Waals surface area contributed by atoms with Gasteiger partial charge in [0.05, 0.1) is 11.0 Å². The molecular weight excluding hydrogens is 355 g/mol. The second-order valence-corrected chi connectivity index (χ2v) is 6.74. The second-order valence-electron chi connectivity index (χ2n) is 4.65. The van der Waals surface area contributed by atoms with Crippen LogP contribution in [0.5, 0.6) is 0 Å². The Morgan fingerprint density at radius 3 is 2.61 bits per heavy atom. The van der Waals surface area contributed by atoms with Gasteiger partial charge >= 0.3 is 5.97 Å². The Labute approximate surface area is 136 Å². The van der Waals surface area contributed by atoms with Crippen molar-refractivity contribution in [2.24, 2.45) is 0 Å². The van der Waals surface area contributed by atoms with E-state index in [0.717, 1.165) is 0 Å². The maximum atomic E-state index is 13.9. The summed E-state index contributed by atoms with van der Waals surface area (Å²) >= 11 is 5.57. The molecule has 0 aromatic heterocycles. The molecule has 23 heavy (non-hydrogen) atoms. The summed E-state index contributed by atoms with van der Waals surface area (Å²) in [6.07, 6.45) is 1.11. The highest BCUT2D eigenvalue weighted by molar-refractivity contribution is 7.89. The molecule has 0 radical (unpaired) electrons. The van der Waals surface area contributed by atoms with Gasteiger partial charge in [-0.25, -0.2) is 12.8 Å². The number of aliphatic carboxylic acids is 1. The molecule has 1 rings (SSSR count). The van der Waals surface area contributed by atoms with E-state index in [1.807, 2.05) is 4.72 Å². The predicted molar refractivity (Wildman–Crippen MR) is 79.3 cm³/mol. The molecule has 1 aromatic rings. The van der Waals surface area contributed by atoms with E-state index in [9.17, 15) is 27.7 Å². The van der Waals surface area contributed by atoms with Crippen LogP contribution in [0.2, 0.25) is 5.02 Å². The SMILES string of the molecule is CCCC[C@H](NS(=O)(=O)c1cc(Cl)c([N+](=O)[O-])cc1F)C(=O)O. The minimum absolute atomic E-state index is 0.0212. The first-order valence-corrected chi connectivity index (χ1v) is 8.34. The molecule has 0 aliphatic rings. The van der Waals surface area contributed by atoms with Crippen LogP contribution in [-0.4, -0.2) is 30.5 Å². The van der Waals surface area contributed by atoms with Crippen LogP contribution in [-0.2, 0) is 14.8 Å². The fraction of sp³-hybridized carbons (Fsp3) is 0.417. The number of nitrogens with zero attached hydrogens (tertiary/aromatic N) is 1. The van der Waals surface area contributed by atoms with Gasteiger partial charge in [0.2, 0.25) is 10.0 Å². The van der Waals surface area contributed by atoms with E-state index in [-0.39, 0.29) is 6.42 Å². The van der Waals surface area contributed by atoms with Crippen LogP contribution in [0.3, 0.4) is 0 Å². The standard InChI is InChI=1S/C12H14ClFN2O6S/c1-2-3-4-9(12(17)18)15-23(21,22)11-5-7(13)10(16(19)20)6-8(11)14/h5-6,9,15H,2-4H2,1H3,(H,17,18)/t9-/m0/s1. The third kappa shape index (κ3) is 4.85. The highest BCUT2D eigenvalue weighted by atomic mass is 35.5. The Morgan fingerprint density at radius 2 is 2.13 bits per heavy atom. The average molecular weight is 369 g/mol. The zero-order valence-corrected chi connectivity index (χ0v) is 13.5. The lowest BCUT2D eigenvalue weighted by atomic mass is 10.1. The average Bonchev–Trinajstić information content (AvgIpc) is 2.44. The summed E-state index contributed by atoms with van der Waals surface area (Å²) in [5, 5.41) is 19.1. The van der Waals surface area contributed by atoms with Crippen molar-refractivity contribution in [3.8, 4) is 0 Å². The van der Waals surface area contributed by atoms with E-state index >= 15 is 0 Å². The topological polar surface area (TPSA) is 127 Å². The maximum Gasteiger partial charge on any atom is 0.321 e. The summed E-state index contributed by atoms with van der Waals surface area (Å²) in [5.74, 6) is -2.80. The highest BCUT2D eigenvalue weighted by Crippen LogP contribution is 2.29. The van der Waals surface area contributed by atoms with Crippen molar-refractivity contribution in [1.82, 2.24) is 4.72 Å². The second kappa shape index (κ2) is 7.66. The molecule has 0 amide bonds. The lowest BCUT2D eigenvalue weighted by molar-refractivity contribution is -0.384. The number of unbranched alkanes of at least 4 members (excludes halogenated alkanes) is 1. The molecule has 0 spiro atoms. The zero-order chi connectivity index (χ0) is 17.8. The van der Waals surface area contributed by atoms with E-state index in [1.165, 1.54) is 0 Å². The number of halogens is 2. The van der Waals surface area contributed by atoms with Crippen molar-refractivity contribution >= 4 is 33.3 Å². The van der Waals surface area contributed by atoms with Crippen LogP contribution in [0.25, 0.3) is 0 Å². The third-order valence-corrected chi connectivity index (χ3v) is 4.72. The normalized spacial score (nSPS) is 12.8. The van der Waals surface area contributed by atoms with Gasteiger partial charge in [-0.05, 0) is 12.5 Å². The molecular formula is C12H14ClFN2O6S. The number of benzene rings is 1.